The van der Waals surface area contributed by atoms with Gasteiger partial charge in [0.25, 0.3) is 0 Å². The van der Waals surface area contributed by atoms with Crippen LogP contribution in [-0.4, -0.2) is 66.4 Å². The van der Waals surface area contributed by atoms with E-state index >= 15 is 0 Å². The first-order valence-corrected chi connectivity index (χ1v) is 13.8. The topological polar surface area (TPSA) is 48.4 Å². The molecular weight excluding hydrogens is 543 g/mol. The summed E-state index contributed by atoms with van der Waals surface area (Å²) in [4.78, 5) is 25.5. The number of nitrogens with zero attached hydrogens (tertiary/aromatic N) is 4. The van der Waals surface area contributed by atoms with E-state index in [1.807, 2.05) is 71.3 Å². The third-order valence-corrected chi connectivity index (χ3v) is 7.69. The molecule has 2 heterocycles. The smallest absolute Gasteiger partial charge is 0.326 e. The van der Waals surface area contributed by atoms with E-state index < -0.39 is 6.04 Å². The fourth-order valence-electron chi connectivity index (χ4n) is 4.96. The molecule has 0 N–H and O–H groups in total. The van der Waals surface area contributed by atoms with Gasteiger partial charge < -0.3 is 14.5 Å². The van der Waals surface area contributed by atoms with Crippen molar-refractivity contribution >= 4 is 46.7 Å². The molecule has 1 fully saturated rings. The number of likely N-dealkylation sites (N-methyl/N-ethyl adjacent to an activating group) is 1. The minimum Gasteiger partial charge on any atom is -0.493 e. The van der Waals surface area contributed by atoms with E-state index in [4.69, 9.17) is 44.5 Å². The van der Waals surface area contributed by atoms with Gasteiger partial charge in [0, 0.05) is 41.2 Å². The van der Waals surface area contributed by atoms with Gasteiger partial charge in [-0.1, -0.05) is 59.1 Å². The molecule has 0 aromatic heterocycles. The van der Waals surface area contributed by atoms with E-state index in [9.17, 15) is 4.79 Å². The number of amides is 2. The number of carbonyl (C=O) groups is 1. The van der Waals surface area contributed by atoms with Crippen molar-refractivity contribution < 1.29 is 9.53 Å². The van der Waals surface area contributed by atoms with Crippen molar-refractivity contribution in [1.82, 2.24) is 14.7 Å². The molecule has 1 saturated heterocycles. The zero-order valence-electron chi connectivity index (χ0n) is 21.3. The summed E-state index contributed by atoms with van der Waals surface area (Å²) in [7, 11) is 2.07. The quantitative estimate of drug-likeness (QED) is 0.333. The summed E-state index contributed by atoms with van der Waals surface area (Å²) in [6, 6.07) is 19.8. The van der Waals surface area contributed by atoms with Crippen LogP contribution >= 0.6 is 34.8 Å². The fourth-order valence-corrected chi connectivity index (χ4v) is 5.37. The molecule has 2 aliphatic heterocycles. The number of amidine groups is 1. The maximum absolute atomic E-state index is 14.3. The van der Waals surface area contributed by atoms with Crippen molar-refractivity contribution in [2.24, 2.45) is 4.99 Å². The van der Waals surface area contributed by atoms with Crippen LogP contribution in [0.2, 0.25) is 15.1 Å². The number of halogens is 3. The van der Waals surface area contributed by atoms with Crippen LogP contribution in [0.4, 0.5) is 4.79 Å². The summed E-state index contributed by atoms with van der Waals surface area (Å²) in [5, 5.41) is 1.82. The molecule has 2 aliphatic rings. The predicted octanol–water partition coefficient (Wildman–Crippen LogP) is 6.96. The molecule has 3 aromatic carbocycles. The summed E-state index contributed by atoms with van der Waals surface area (Å²) in [5.41, 5.74) is 2.60. The van der Waals surface area contributed by atoms with Crippen LogP contribution in [0.3, 0.4) is 0 Å². The predicted molar refractivity (Wildman–Crippen MR) is 154 cm³/mol. The fraction of sp³-hybridized carbons (Fsp3) is 0.310. The van der Waals surface area contributed by atoms with Crippen LogP contribution in [0.15, 0.2) is 71.7 Å². The molecule has 0 unspecified atom stereocenters. The van der Waals surface area contributed by atoms with Crippen LogP contribution in [0, 0.1) is 0 Å². The van der Waals surface area contributed by atoms with E-state index in [1.165, 1.54) is 0 Å². The monoisotopic (exact) mass is 570 g/mol. The average molecular weight is 572 g/mol. The highest BCUT2D eigenvalue weighted by molar-refractivity contribution is 6.31. The van der Waals surface area contributed by atoms with Crippen LogP contribution in [-0.2, 0) is 0 Å². The maximum atomic E-state index is 14.3. The van der Waals surface area contributed by atoms with Gasteiger partial charge in [0.15, 0.2) is 0 Å². The van der Waals surface area contributed by atoms with Crippen molar-refractivity contribution in [2.75, 3.05) is 39.8 Å². The summed E-state index contributed by atoms with van der Waals surface area (Å²) in [5.74, 6) is 1.13. The molecule has 6 nitrogen and oxygen atoms in total. The number of piperazine rings is 1. The van der Waals surface area contributed by atoms with Gasteiger partial charge in [-0.2, -0.15) is 0 Å². The molecule has 2 atom stereocenters. The van der Waals surface area contributed by atoms with E-state index in [0.717, 1.165) is 24.2 Å². The van der Waals surface area contributed by atoms with Crippen molar-refractivity contribution in [1.29, 1.82) is 0 Å². The van der Waals surface area contributed by atoms with E-state index in [0.29, 0.717) is 51.9 Å². The molecule has 0 saturated carbocycles. The number of urea groups is 1. The Bertz CT molecular complexity index is 1320. The number of aliphatic imine (C=N–C) groups is 1. The van der Waals surface area contributed by atoms with Crippen molar-refractivity contribution in [2.45, 2.75) is 19.0 Å². The van der Waals surface area contributed by atoms with Crippen LogP contribution in [0.25, 0.3) is 0 Å². The third kappa shape index (κ3) is 5.50. The summed E-state index contributed by atoms with van der Waals surface area (Å²) >= 11 is 18.8. The molecule has 0 aliphatic carbocycles. The van der Waals surface area contributed by atoms with Crippen LogP contribution < -0.4 is 4.74 Å². The lowest BCUT2D eigenvalue weighted by molar-refractivity contribution is 0.130. The summed E-state index contributed by atoms with van der Waals surface area (Å²) in [6.07, 6.45) is 0. The number of hydrogen-bond acceptors (Lipinski definition) is 4. The Labute approximate surface area is 238 Å². The van der Waals surface area contributed by atoms with E-state index in [-0.39, 0.29) is 12.1 Å². The molecule has 3 aromatic rings. The Morgan fingerprint density at radius 2 is 1.45 bits per heavy atom. The Morgan fingerprint density at radius 3 is 2.05 bits per heavy atom. The molecule has 0 radical (unpaired) electrons. The zero-order chi connectivity index (χ0) is 26.8. The Hall–Kier alpha value is -2.77. The SMILES string of the molecule is CCOc1cc(Cl)ccc1C1=N[C@H](c2ccc(Cl)cc2)[C@H](c2ccc(Cl)cc2)N1C(=O)N1CCN(C)CC1. The highest BCUT2D eigenvalue weighted by Gasteiger charge is 2.44. The first kappa shape index (κ1) is 26.8. The third-order valence-electron chi connectivity index (χ3n) is 6.95. The number of benzene rings is 3. The lowest BCUT2D eigenvalue weighted by Gasteiger charge is -2.38. The van der Waals surface area contributed by atoms with Gasteiger partial charge in [-0.3, -0.25) is 9.89 Å². The van der Waals surface area contributed by atoms with Crippen molar-refractivity contribution in [3.63, 3.8) is 0 Å². The number of rotatable bonds is 5. The van der Waals surface area contributed by atoms with Gasteiger partial charge in [0.1, 0.15) is 17.6 Å². The minimum absolute atomic E-state index is 0.0920. The first-order chi connectivity index (χ1) is 18.4. The average Bonchev–Trinajstić information content (AvgIpc) is 3.30. The molecule has 0 bridgehead atoms. The minimum atomic E-state index is -0.402. The van der Waals surface area contributed by atoms with Crippen molar-refractivity contribution in [3.8, 4) is 5.75 Å². The van der Waals surface area contributed by atoms with Gasteiger partial charge >= 0.3 is 6.03 Å². The Kier molecular flexibility index (Phi) is 8.15. The molecule has 5 rings (SSSR count). The number of hydrogen-bond donors (Lipinski definition) is 0. The van der Waals surface area contributed by atoms with Gasteiger partial charge in [0.05, 0.1) is 18.2 Å². The summed E-state index contributed by atoms with van der Waals surface area (Å²) < 4.78 is 5.97. The van der Waals surface area contributed by atoms with E-state index in [1.54, 1.807) is 12.1 Å². The lowest BCUT2D eigenvalue weighted by Crippen LogP contribution is -2.53. The highest BCUT2D eigenvalue weighted by atomic mass is 35.5. The molecule has 2 amide bonds. The van der Waals surface area contributed by atoms with Crippen molar-refractivity contribution in [3.05, 3.63) is 98.5 Å². The lowest BCUT2D eigenvalue weighted by atomic mass is 9.93. The Balaban J connectivity index is 1.68. The number of ether oxygens (including phenoxy) is 1. The molecular formula is C29H29Cl3N4O2. The van der Waals surface area contributed by atoms with Gasteiger partial charge in [-0.15, -0.1) is 0 Å². The largest absolute Gasteiger partial charge is 0.493 e. The number of carbonyl (C=O) groups excluding carboxylic acids is 1. The molecule has 38 heavy (non-hydrogen) atoms. The maximum Gasteiger partial charge on any atom is 0.326 e. The summed E-state index contributed by atoms with van der Waals surface area (Å²) in [6.45, 7) is 5.26. The normalized spacial score (nSPS) is 20.0. The standard InChI is InChI=1S/C29H29Cl3N4O2/c1-3-38-25-18-23(32)12-13-24(25)28-33-26(19-4-8-21(30)9-5-19)27(20-6-10-22(31)11-7-20)36(28)29(37)35-16-14-34(2)15-17-35/h4-13,18,26-27H,3,14-17H2,1-2H3/t26-,27+/m1/s1. The second-order valence-electron chi connectivity index (χ2n) is 9.46. The molecule has 198 valence electrons. The van der Waals surface area contributed by atoms with Gasteiger partial charge in [-0.25, -0.2) is 4.79 Å². The Morgan fingerprint density at radius 1 is 0.868 bits per heavy atom. The second-order valence-corrected chi connectivity index (χ2v) is 10.8. The first-order valence-electron chi connectivity index (χ1n) is 12.6. The zero-order valence-corrected chi connectivity index (χ0v) is 23.5. The highest BCUT2D eigenvalue weighted by Crippen LogP contribution is 2.45. The van der Waals surface area contributed by atoms with Crippen LogP contribution in [0.1, 0.15) is 35.7 Å². The molecule has 0 spiro atoms. The van der Waals surface area contributed by atoms with E-state index in [2.05, 4.69) is 11.9 Å². The van der Waals surface area contributed by atoms with Gasteiger partial charge in [0.2, 0.25) is 0 Å². The van der Waals surface area contributed by atoms with Crippen LogP contribution in [0.5, 0.6) is 5.75 Å². The molecule has 9 heteroatoms. The second kappa shape index (κ2) is 11.5. The van der Waals surface area contributed by atoms with Gasteiger partial charge in [-0.05, 0) is 67.6 Å².